The van der Waals surface area contributed by atoms with Gasteiger partial charge in [0.05, 0.1) is 5.69 Å². The third-order valence-corrected chi connectivity index (χ3v) is 3.97. The Labute approximate surface area is 111 Å². The van der Waals surface area contributed by atoms with E-state index in [9.17, 15) is 0 Å². The highest BCUT2D eigenvalue weighted by atomic mass is 15.2. The quantitative estimate of drug-likeness (QED) is 0.873. The molecule has 102 valence electrons. The molecule has 0 saturated heterocycles. The Hall–Kier alpha value is -0.830. The summed E-state index contributed by atoms with van der Waals surface area (Å²) in [6.45, 7) is 15.7. The van der Waals surface area contributed by atoms with E-state index >= 15 is 0 Å². The van der Waals surface area contributed by atoms with E-state index in [4.69, 9.17) is 4.98 Å². The largest absolute Gasteiger partial charge is 0.328 e. The zero-order chi connectivity index (χ0) is 13.5. The van der Waals surface area contributed by atoms with Crippen LogP contribution in [0.4, 0.5) is 0 Å². The Bertz CT molecular complexity index is 424. The van der Waals surface area contributed by atoms with Crippen molar-refractivity contribution in [2.45, 2.75) is 66.0 Å². The first-order valence-electron chi connectivity index (χ1n) is 7.13. The number of nitrogens with one attached hydrogen (secondary N) is 1. The summed E-state index contributed by atoms with van der Waals surface area (Å²) >= 11 is 0. The van der Waals surface area contributed by atoms with Crippen LogP contribution in [0.3, 0.4) is 0 Å². The van der Waals surface area contributed by atoms with Crippen LogP contribution in [-0.2, 0) is 18.4 Å². The second kappa shape index (κ2) is 4.69. The predicted molar refractivity (Wildman–Crippen MR) is 75.9 cm³/mol. The smallest absolute Gasteiger partial charge is 0.114 e. The number of nitrogens with zero attached hydrogens (tertiary/aromatic N) is 2. The van der Waals surface area contributed by atoms with E-state index in [0.717, 1.165) is 19.5 Å². The molecule has 0 saturated carbocycles. The summed E-state index contributed by atoms with van der Waals surface area (Å²) in [5.41, 5.74) is 2.83. The van der Waals surface area contributed by atoms with Gasteiger partial charge in [-0.1, -0.05) is 34.6 Å². The van der Waals surface area contributed by atoms with Crippen LogP contribution in [0.1, 0.15) is 64.8 Å². The summed E-state index contributed by atoms with van der Waals surface area (Å²) in [4.78, 5) is 4.93. The minimum Gasteiger partial charge on any atom is -0.328 e. The SMILES string of the molecule is CC(C)C(C)n1c(C(C)(C)C)nc2c1CCNC2. The summed E-state index contributed by atoms with van der Waals surface area (Å²) in [5, 5.41) is 3.43. The van der Waals surface area contributed by atoms with E-state index in [0.29, 0.717) is 12.0 Å². The van der Waals surface area contributed by atoms with Crippen molar-refractivity contribution in [1.29, 1.82) is 0 Å². The molecule has 0 amide bonds. The predicted octanol–water partition coefficient (Wildman–Crippen LogP) is 3.04. The van der Waals surface area contributed by atoms with Crippen molar-refractivity contribution in [2.24, 2.45) is 5.92 Å². The van der Waals surface area contributed by atoms with Crippen LogP contribution in [0.15, 0.2) is 0 Å². The highest BCUT2D eigenvalue weighted by molar-refractivity contribution is 5.24. The lowest BCUT2D eigenvalue weighted by Crippen LogP contribution is -2.28. The van der Waals surface area contributed by atoms with Crippen LogP contribution in [-0.4, -0.2) is 16.1 Å². The molecule has 1 atom stereocenters. The molecular formula is C15H27N3. The summed E-state index contributed by atoms with van der Waals surface area (Å²) in [6.07, 6.45) is 1.11. The van der Waals surface area contributed by atoms with Gasteiger partial charge in [0.1, 0.15) is 5.82 Å². The van der Waals surface area contributed by atoms with Gasteiger partial charge in [0.15, 0.2) is 0 Å². The van der Waals surface area contributed by atoms with E-state index < -0.39 is 0 Å². The standard InChI is InChI=1S/C15H27N3/c1-10(2)11(3)18-13-7-8-16-9-12(13)17-14(18)15(4,5)6/h10-11,16H,7-9H2,1-6H3. The zero-order valence-electron chi connectivity index (χ0n) is 12.7. The summed E-state index contributed by atoms with van der Waals surface area (Å²) in [7, 11) is 0. The molecule has 1 unspecified atom stereocenters. The Morgan fingerprint density at radius 3 is 2.44 bits per heavy atom. The zero-order valence-corrected chi connectivity index (χ0v) is 12.7. The van der Waals surface area contributed by atoms with Crippen molar-refractivity contribution < 1.29 is 0 Å². The lowest BCUT2D eigenvalue weighted by atomic mass is 9.94. The van der Waals surface area contributed by atoms with E-state index in [2.05, 4.69) is 51.4 Å². The first-order valence-corrected chi connectivity index (χ1v) is 7.13. The molecule has 0 spiro atoms. The van der Waals surface area contributed by atoms with Crippen molar-refractivity contribution in [2.75, 3.05) is 6.54 Å². The molecule has 1 N–H and O–H groups in total. The first-order chi connectivity index (χ1) is 8.32. The van der Waals surface area contributed by atoms with Crippen LogP contribution in [0, 0.1) is 5.92 Å². The van der Waals surface area contributed by atoms with Gasteiger partial charge in [-0.05, 0) is 12.8 Å². The molecule has 1 aromatic heterocycles. The molecule has 0 aliphatic carbocycles. The fourth-order valence-corrected chi connectivity index (χ4v) is 2.60. The fraction of sp³-hybridized carbons (Fsp3) is 0.800. The Morgan fingerprint density at radius 1 is 1.22 bits per heavy atom. The van der Waals surface area contributed by atoms with Gasteiger partial charge in [0.2, 0.25) is 0 Å². The molecule has 0 fully saturated rings. The van der Waals surface area contributed by atoms with Gasteiger partial charge >= 0.3 is 0 Å². The number of fused-ring (bicyclic) bond motifs is 1. The van der Waals surface area contributed by atoms with Crippen molar-refractivity contribution >= 4 is 0 Å². The third-order valence-electron chi connectivity index (χ3n) is 3.97. The van der Waals surface area contributed by atoms with Crippen molar-refractivity contribution in [3.8, 4) is 0 Å². The Balaban J connectivity index is 2.56. The minimum atomic E-state index is 0.112. The maximum Gasteiger partial charge on any atom is 0.114 e. The van der Waals surface area contributed by atoms with Crippen LogP contribution in [0.25, 0.3) is 0 Å². The molecule has 1 aliphatic rings. The van der Waals surface area contributed by atoms with Gasteiger partial charge in [0, 0.05) is 36.7 Å². The number of hydrogen-bond acceptors (Lipinski definition) is 2. The first kappa shape index (κ1) is 13.6. The van der Waals surface area contributed by atoms with Crippen LogP contribution in [0.5, 0.6) is 0 Å². The molecule has 2 heterocycles. The molecule has 0 aromatic carbocycles. The van der Waals surface area contributed by atoms with Gasteiger partial charge in [-0.2, -0.15) is 0 Å². The van der Waals surface area contributed by atoms with Crippen molar-refractivity contribution in [3.63, 3.8) is 0 Å². The van der Waals surface area contributed by atoms with Crippen LogP contribution >= 0.6 is 0 Å². The fourth-order valence-electron chi connectivity index (χ4n) is 2.60. The second-order valence-corrected chi connectivity index (χ2v) is 6.86. The Morgan fingerprint density at radius 2 is 1.89 bits per heavy atom. The summed E-state index contributed by atoms with van der Waals surface area (Å²) < 4.78 is 2.51. The molecular weight excluding hydrogens is 222 g/mol. The summed E-state index contributed by atoms with van der Waals surface area (Å²) in [6, 6.07) is 0.522. The molecule has 1 aromatic rings. The van der Waals surface area contributed by atoms with E-state index in [1.165, 1.54) is 17.2 Å². The third kappa shape index (κ3) is 2.33. The van der Waals surface area contributed by atoms with E-state index in [1.54, 1.807) is 0 Å². The van der Waals surface area contributed by atoms with Gasteiger partial charge in [-0.15, -0.1) is 0 Å². The van der Waals surface area contributed by atoms with Gasteiger partial charge < -0.3 is 9.88 Å². The maximum atomic E-state index is 4.93. The molecule has 3 heteroatoms. The van der Waals surface area contributed by atoms with Gasteiger partial charge in [-0.3, -0.25) is 0 Å². The maximum absolute atomic E-state index is 4.93. The number of aromatic nitrogens is 2. The van der Waals surface area contributed by atoms with E-state index in [-0.39, 0.29) is 5.41 Å². The number of hydrogen-bond donors (Lipinski definition) is 1. The van der Waals surface area contributed by atoms with Crippen LogP contribution in [0.2, 0.25) is 0 Å². The molecule has 18 heavy (non-hydrogen) atoms. The lowest BCUT2D eigenvalue weighted by molar-refractivity contribution is 0.361. The molecule has 2 rings (SSSR count). The minimum absolute atomic E-state index is 0.112. The normalized spacial score (nSPS) is 17.9. The molecule has 0 radical (unpaired) electrons. The average molecular weight is 249 g/mol. The van der Waals surface area contributed by atoms with Gasteiger partial charge in [-0.25, -0.2) is 4.98 Å². The Kier molecular flexibility index (Phi) is 3.54. The molecule has 3 nitrogen and oxygen atoms in total. The van der Waals surface area contributed by atoms with Crippen molar-refractivity contribution in [1.82, 2.24) is 14.9 Å². The van der Waals surface area contributed by atoms with Gasteiger partial charge in [0.25, 0.3) is 0 Å². The molecule has 0 bridgehead atoms. The average Bonchev–Trinajstić information content (AvgIpc) is 2.66. The molecule has 1 aliphatic heterocycles. The summed E-state index contributed by atoms with van der Waals surface area (Å²) in [5.74, 6) is 1.89. The number of imidazole rings is 1. The monoisotopic (exact) mass is 249 g/mol. The highest BCUT2D eigenvalue weighted by Gasteiger charge is 2.29. The second-order valence-electron chi connectivity index (χ2n) is 6.86. The van der Waals surface area contributed by atoms with E-state index in [1.807, 2.05) is 0 Å². The lowest BCUT2D eigenvalue weighted by Gasteiger charge is -2.28. The highest BCUT2D eigenvalue weighted by Crippen LogP contribution is 2.31. The number of rotatable bonds is 2. The topological polar surface area (TPSA) is 29.9 Å². The van der Waals surface area contributed by atoms with Crippen molar-refractivity contribution in [3.05, 3.63) is 17.2 Å². The van der Waals surface area contributed by atoms with Crippen LogP contribution < -0.4 is 5.32 Å².